The van der Waals surface area contributed by atoms with Crippen LogP contribution in [0.2, 0.25) is 0 Å². The molecule has 0 N–H and O–H groups in total. The Bertz CT molecular complexity index is 353. The van der Waals surface area contributed by atoms with E-state index in [0.29, 0.717) is 13.1 Å². The molecule has 0 unspecified atom stereocenters. The fraction of sp³-hybridized carbons (Fsp3) is 0.700. The van der Waals surface area contributed by atoms with E-state index in [1.165, 1.54) is 11.3 Å². The molecule has 0 bridgehead atoms. The summed E-state index contributed by atoms with van der Waals surface area (Å²) < 4.78 is 37.3. The molecule has 90 valence electrons. The molecule has 1 aliphatic rings. The van der Waals surface area contributed by atoms with Crippen LogP contribution < -0.4 is 4.90 Å². The lowest BCUT2D eigenvalue weighted by molar-refractivity contribution is -0.179. The summed E-state index contributed by atoms with van der Waals surface area (Å²) in [4.78, 5) is 6.11. The van der Waals surface area contributed by atoms with Crippen LogP contribution in [0.25, 0.3) is 0 Å². The van der Waals surface area contributed by atoms with Crippen LogP contribution in [-0.4, -0.2) is 24.2 Å². The molecular formula is C10H13F3N2S. The van der Waals surface area contributed by atoms with Gasteiger partial charge < -0.3 is 4.90 Å². The number of hydrogen-bond donors (Lipinski definition) is 0. The minimum atomic E-state index is -4.03. The lowest BCUT2D eigenvalue weighted by atomic mass is 9.96. The summed E-state index contributed by atoms with van der Waals surface area (Å²) in [6, 6.07) is 0. The Morgan fingerprint density at radius 2 is 2.00 bits per heavy atom. The highest BCUT2D eigenvalue weighted by Gasteiger charge is 2.41. The van der Waals surface area contributed by atoms with Crippen molar-refractivity contribution in [2.45, 2.75) is 25.9 Å². The van der Waals surface area contributed by atoms with E-state index in [-0.39, 0.29) is 12.8 Å². The average Bonchev–Trinajstić information content (AvgIpc) is 2.64. The predicted molar refractivity (Wildman–Crippen MR) is 57.8 cm³/mol. The van der Waals surface area contributed by atoms with E-state index >= 15 is 0 Å². The van der Waals surface area contributed by atoms with Crippen molar-refractivity contribution in [1.29, 1.82) is 0 Å². The summed E-state index contributed by atoms with van der Waals surface area (Å²) >= 11 is 1.54. The van der Waals surface area contributed by atoms with Gasteiger partial charge in [-0.05, 0) is 19.8 Å². The number of aryl methyl sites for hydroxylation is 1. The maximum absolute atomic E-state index is 12.4. The lowest BCUT2D eigenvalue weighted by Crippen LogP contribution is -2.38. The summed E-state index contributed by atoms with van der Waals surface area (Å²) in [6.45, 7) is 2.86. The summed E-state index contributed by atoms with van der Waals surface area (Å²) in [5.74, 6) is -1.13. The van der Waals surface area contributed by atoms with Gasteiger partial charge >= 0.3 is 6.18 Å². The highest BCUT2D eigenvalue weighted by Crippen LogP contribution is 2.36. The molecule has 2 rings (SSSR count). The van der Waals surface area contributed by atoms with E-state index in [1.54, 1.807) is 6.20 Å². The number of hydrogen-bond acceptors (Lipinski definition) is 3. The maximum Gasteiger partial charge on any atom is 0.391 e. The number of aromatic nitrogens is 1. The van der Waals surface area contributed by atoms with Crippen LogP contribution in [0, 0.1) is 12.8 Å². The first kappa shape index (κ1) is 11.7. The minimum absolute atomic E-state index is 0.195. The van der Waals surface area contributed by atoms with Gasteiger partial charge in [0.1, 0.15) is 5.00 Å². The van der Waals surface area contributed by atoms with Crippen LogP contribution in [0.3, 0.4) is 0 Å². The van der Waals surface area contributed by atoms with Crippen molar-refractivity contribution in [1.82, 2.24) is 4.98 Å². The van der Waals surface area contributed by atoms with Gasteiger partial charge in [0.2, 0.25) is 0 Å². The Kier molecular flexibility index (Phi) is 3.10. The first-order chi connectivity index (χ1) is 7.47. The van der Waals surface area contributed by atoms with Crippen molar-refractivity contribution in [2.75, 3.05) is 18.0 Å². The predicted octanol–water partition coefficient (Wildman–Crippen LogP) is 3.23. The second kappa shape index (κ2) is 4.24. The van der Waals surface area contributed by atoms with Crippen molar-refractivity contribution in [3.8, 4) is 0 Å². The molecule has 0 atom stereocenters. The molecule has 0 aromatic carbocycles. The molecule has 1 aromatic heterocycles. The highest BCUT2D eigenvalue weighted by molar-refractivity contribution is 7.15. The van der Waals surface area contributed by atoms with Crippen LogP contribution in [0.4, 0.5) is 18.2 Å². The van der Waals surface area contributed by atoms with E-state index in [1.807, 2.05) is 11.8 Å². The third-order valence-electron chi connectivity index (χ3n) is 2.88. The standard InChI is InChI=1S/C10H13F3N2S/c1-7-14-6-9(16-7)15-4-2-8(3-5-15)10(11,12)13/h6,8H,2-5H2,1H3. The molecule has 0 saturated carbocycles. The fourth-order valence-corrected chi connectivity index (χ4v) is 2.75. The number of rotatable bonds is 1. The van der Waals surface area contributed by atoms with E-state index in [2.05, 4.69) is 4.98 Å². The van der Waals surface area contributed by atoms with E-state index in [9.17, 15) is 13.2 Å². The van der Waals surface area contributed by atoms with E-state index < -0.39 is 12.1 Å². The van der Waals surface area contributed by atoms with Crippen LogP contribution in [-0.2, 0) is 0 Å². The average molecular weight is 250 g/mol. The molecule has 1 fully saturated rings. The second-order valence-corrected chi connectivity index (χ2v) is 5.23. The zero-order chi connectivity index (χ0) is 11.8. The molecule has 2 nitrogen and oxygen atoms in total. The molecular weight excluding hydrogens is 237 g/mol. The number of piperidine rings is 1. The number of nitrogens with zero attached hydrogens (tertiary/aromatic N) is 2. The monoisotopic (exact) mass is 250 g/mol. The SMILES string of the molecule is Cc1ncc(N2CCC(C(F)(F)F)CC2)s1. The Hall–Kier alpha value is -0.780. The van der Waals surface area contributed by atoms with Gasteiger partial charge in [0.05, 0.1) is 17.1 Å². The first-order valence-corrected chi connectivity index (χ1v) is 6.02. The van der Waals surface area contributed by atoms with Crippen molar-refractivity contribution in [3.05, 3.63) is 11.2 Å². The van der Waals surface area contributed by atoms with E-state index in [4.69, 9.17) is 0 Å². The van der Waals surface area contributed by atoms with Crippen molar-refractivity contribution in [3.63, 3.8) is 0 Å². The second-order valence-electron chi connectivity index (χ2n) is 4.02. The lowest BCUT2D eigenvalue weighted by Gasteiger charge is -2.33. The van der Waals surface area contributed by atoms with E-state index in [0.717, 1.165) is 10.0 Å². The Balaban J connectivity index is 1.95. The summed E-state index contributed by atoms with van der Waals surface area (Å²) in [6.07, 6.45) is -1.90. The number of anilines is 1. The number of alkyl halides is 3. The molecule has 0 radical (unpaired) electrons. The van der Waals surface area contributed by atoms with Gasteiger partial charge in [-0.1, -0.05) is 0 Å². The molecule has 6 heteroatoms. The zero-order valence-corrected chi connectivity index (χ0v) is 9.74. The third-order valence-corrected chi connectivity index (χ3v) is 3.85. The van der Waals surface area contributed by atoms with Crippen molar-refractivity contribution < 1.29 is 13.2 Å². The molecule has 16 heavy (non-hydrogen) atoms. The van der Waals surface area contributed by atoms with Crippen LogP contribution >= 0.6 is 11.3 Å². The third kappa shape index (κ3) is 2.48. The van der Waals surface area contributed by atoms with Crippen molar-refractivity contribution in [2.24, 2.45) is 5.92 Å². The van der Waals surface area contributed by atoms with Crippen molar-refractivity contribution >= 4 is 16.3 Å². The maximum atomic E-state index is 12.4. The van der Waals surface area contributed by atoms with Crippen LogP contribution in [0.1, 0.15) is 17.8 Å². The van der Waals surface area contributed by atoms with Gasteiger partial charge in [-0.15, -0.1) is 11.3 Å². The summed E-state index contributed by atoms with van der Waals surface area (Å²) in [5, 5.41) is 1.94. The highest BCUT2D eigenvalue weighted by atomic mass is 32.1. The Morgan fingerprint density at radius 1 is 1.38 bits per heavy atom. The number of halogens is 3. The molecule has 1 aromatic rings. The zero-order valence-electron chi connectivity index (χ0n) is 8.92. The van der Waals surface area contributed by atoms with Gasteiger partial charge in [-0.25, -0.2) is 4.98 Å². The molecule has 0 spiro atoms. The minimum Gasteiger partial charge on any atom is -0.362 e. The molecule has 0 amide bonds. The molecule has 1 aliphatic heterocycles. The molecule has 1 saturated heterocycles. The fourth-order valence-electron chi connectivity index (χ4n) is 1.92. The molecule has 2 heterocycles. The number of thiazole rings is 1. The van der Waals surface area contributed by atoms with Gasteiger partial charge in [-0.3, -0.25) is 0 Å². The van der Waals surface area contributed by atoms with Gasteiger partial charge in [-0.2, -0.15) is 13.2 Å². The first-order valence-electron chi connectivity index (χ1n) is 5.21. The van der Waals surface area contributed by atoms with Crippen LogP contribution in [0.15, 0.2) is 6.20 Å². The van der Waals surface area contributed by atoms with Gasteiger partial charge in [0, 0.05) is 13.1 Å². The molecule has 0 aliphatic carbocycles. The Labute approximate surface area is 96.1 Å². The van der Waals surface area contributed by atoms with Gasteiger partial charge in [0.25, 0.3) is 0 Å². The smallest absolute Gasteiger partial charge is 0.362 e. The van der Waals surface area contributed by atoms with Gasteiger partial charge in [0.15, 0.2) is 0 Å². The quantitative estimate of drug-likeness (QED) is 0.760. The largest absolute Gasteiger partial charge is 0.391 e. The summed E-state index contributed by atoms with van der Waals surface area (Å²) in [7, 11) is 0. The Morgan fingerprint density at radius 3 is 2.44 bits per heavy atom. The topological polar surface area (TPSA) is 16.1 Å². The van der Waals surface area contributed by atoms with Crippen LogP contribution in [0.5, 0.6) is 0 Å². The summed E-state index contributed by atoms with van der Waals surface area (Å²) in [5.41, 5.74) is 0. The normalized spacial score (nSPS) is 19.1.